The van der Waals surface area contributed by atoms with Crippen molar-refractivity contribution in [3.63, 3.8) is 0 Å². The number of thioether (sulfide) groups is 1. The van der Waals surface area contributed by atoms with E-state index >= 15 is 0 Å². The Morgan fingerprint density at radius 3 is 2.36 bits per heavy atom. The molecular formula is C18H16F4N2O3S. The Bertz CT molecular complexity index is 828. The molecule has 10 heteroatoms. The highest BCUT2D eigenvalue weighted by Crippen LogP contribution is 2.30. The van der Waals surface area contributed by atoms with Crippen LogP contribution in [-0.2, 0) is 9.59 Å². The monoisotopic (exact) mass is 416 g/mol. The summed E-state index contributed by atoms with van der Waals surface area (Å²) in [6.45, 7) is 1.51. The maximum atomic E-state index is 12.8. The number of hydrogen-bond donors (Lipinski definition) is 2. The van der Waals surface area contributed by atoms with Gasteiger partial charge in [-0.3, -0.25) is 9.59 Å². The van der Waals surface area contributed by atoms with E-state index in [1.807, 2.05) is 0 Å². The predicted octanol–water partition coefficient (Wildman–Crippen LogP) is 4.42. The summed E-state index contributed by atoms with van der Waals surface area (Å²) in [4.78, 5) is 24.1. The third kappa shape index (κ3) is 7.10. The van der Waals surface area contributed by atoms with Crippen LogP contribution in [0.3, 0.4) is 0 Å². The van der Waals surface area contributed by atoms with E-state index < -0.39 is 35.0 Å². The maximum absolute atomic E-state index is 12.8. The molecule has 0 spiro atoms. The van der Waals surface area contributed by atoms with Gasteiger partial charge in [-0.15, -0.1) is 24.9 Å². The zero-order chi connectivity index (χ0) is 20.7. The van der Waals surface area contributed by atoms with Crippen LogP contribution < -0.4 is 15.4 Å². The molecule has 5 nitrogen and oxygen atoms in total. The zero-order valence-electron chi connectivity index (χ0n) is 14.5. The molecule has 1 unspecified atom stereocenters. The molecule has 2 aromatic rings. The van der Waals surface area contributed by atoms with Crippen LogP contribution in [0.5, 0.6) is 5.75 Å². The van der Waals surface area contributed by atoms with Gasteiger partial charge in [-0.25, -0.2) is 4.39 Å². The number of hydrogen-bond acceptors (Lipinski definition) is 4. The molecule has 28 heavy (non-hydrogen) atoms. The van der Waals surface area contributed by atoms with Crippen molar-refractivity contribution in [2.24, 2.45) is 0 Å². The fourth-order valence-corrected chi connectivity index (χ4v) is 2.71. The van der Waals surface area contributed by atoms with Gasteiger partial charge < -0.3 is 15.4 Å². The van der Waals surface area contributed by atoms with Gasteiger partial charge in [0.25, 0.3) is 0 Å². The number of alkyl halides is 3. The van der Waals surface area contributed by atoms with Gasteiger partial charge in [-0.2, -0.15) is 0 Å². The Hall–Kier alpha value is -2.75. The summed E-state index contributed by atoms with van der Waals surface area (Å²) in [5, 5.41) is 4.18. The van der Waals surface area contributed by atoms with E-state index in [0.29, 0.717) is 5.69 Å². The first-order valence-corrected chi connectivity index (χ1v) is 9.01. The minimum Gasteiger partial charge on any atom is -0.404 e. The molecule has 0 heterocycles. The number of halogens is 4. The largest absolute Gasteiger partial charge is 0.573 e. The van der Waals surface area contributed by atoms with Crippen molar-refractivity contribution in [3.05, 3.63) is 54.3 Å². The quantitative estimate of drug-likeness (QED) is 0.656. The number of anilines is 2. The molecule has 2 amide bonds. The summed E-state index contributed by atoms with van der Waals surface area (Å²) in [5.41, 5.74) is 0.273. The number of carbonyl (C=O) groups excluding carboxylic acids is 2. The lowest BCUT2D eigenvalue weighted by atomic mass is 10.3. The molecule has 0 radical (unpaired) electrons. The third-order valence-electron chi connectivity index (χ3n) is 3.33. The van der Waals surface area contributed by atoms with Crippen molar-refractivity contribution in [1.82, 2.24) is 0 Å². The first-order chi connectivity index (χ1) is 13.1. The van der Waals surface area contributed by atoms with Gasteiger partial charge in [0.15, 0.2) is 5.75 Å². The number of nitrogens with one attached hydrogen (secondary N) is 2. The van der Waals surface area contributed by atoms with Gasteiger partial charge in [0, 0.05) is 5.69 Å². The van der Waals surface area contributed by atoms with E-state index in [2.05, 4.69) is 15.4 Å². The number of amides is 2. The highest BCUT2D eigenvalue weighted by atomic mass is 32.2. The summed E-state index contributed by atoms with van der Waals surface area (Å²) >= 11 is 0.992. The Labute approximate surface area is 162 Å². The van der Waals surface area contributed by atoms with E-state index in [-0.39, 0.29) is 11.4 Å². The number of para-hydroxylation sites is 2. The van der Waals surface area contributed by atoms with Crippen LogP contribution in [0.4, 0.5) is 28.9 Å². The van der Waals surface area contributed by atoms with Crippen molar-refractivity contribution < 1.29 is 31.9 Å². The van der Waals surface area contributed by atoms with Crippen molar-refractivity contribution >= 4 is 35.0 Å². The molecular weight excluding hydrogens is 400 g/mol. The Morgan fingerprint density at radius 1 is 1.07 bits per heavy atom. The maximum Gasteiger partial charge on any atom is 0.573 e. The number of rotatable bonds is 7. The molecule has 0 saturated carbocycles. The summed E-state index contributed by atoms with van der Waals surface area (Å²) < 4.78 is 54.0. The van der Waals surface area contributed by atoms with E-state index in [1.54, 1.807) is 0 Å². The van der Waals surface area contributed by atoms with Crippen LogP contribution in [0.1, 0.15) is 6.92 Å². The second-order valence-corrected chi connectivity index (χ2v) is 6.87. The van der Waals surface area contributed by atoms with Crippen molar-refractivity contribution in [3.8, 4) is 5.75 Å². The molecule has 2 N–H and O–H groups in total. The minimum atomic E-state index is -4.89. The summed E-state index contributed by atoms with van der Waals surface area (Å²) in [6, 6.07) is 10.3. The summed E-state index contributed by atoms with van der Waals surface area (Å²) in [5.74, 6) is -2.04. The lowest BCUT2D eigenvalue weighted by molar-refractivity contribution is -0.274. The molecule has 0 bridgehead atoms. The van der Waals surface area contributed by atoms with Gasteiger partial charge in [0.1, 0.15) is 5.82 Å². The van der Waals surface area contributed by atoms with Crippen LogP contribution in [-0.4, -0.2) is 29.2 Å². The van der Waals surface area contributed by atoms with Gasteiger partial charge >= 0.3 is 6.36 Å². The highest BCUT2D eigenvalue weighted by molar-refractivity contribution is 8.01. The fourth-order valence-electron chi connectivity index (χ4n) is 2.02. The predicted molar refractivity (Wildman–Crippen MR) is 98.7 cm³/mol. The van der Waals surface area contributed by atoms with Crippen LogP contribution in [0.2, 0.25) is 0 Å². The minimum absolute atomic E-state index is 0.0767. The van der Waals surface area contributed by atoms with Crippen molar-refractivity contribution in [2.75, 3.05) is 16.4 Å². The number of ether oxygens (including phenoxy) is 1. The molecule has 2 aromatic carbocycles. The van der Waals surface area contributed by atoms with Gasteiger partial charge in [0.05, 0.1) is 16.7 Å². The van der Waals surface area contributed by atoms with Crippen molar-refractivity contribution in [1.29, 1.82) is 0 Å². The molecule has 150 valence electrons. The number of carbonyl (C=O) groups is 2. The molecule has 0 saturated heterocycles. The first kappa shape index (κ1) is 21.5. The Kier molecular flexibility index (Phi) is 7.27. The zero-order valence-corrected chi connectivity index (χ0v) is 15.4. The normalized spacial score (nSPS) is 12.2. The molecule has 0 aromatic heterocycles. The average Bonchev–Trinajstić information content (AvgIpc) is 2.62. The fraction of sp³-hybridized carbons (Fsp3) is 0.222. The van der Waals surface area contributed by atoms with Crippen LogP contribution in [0.25, 0.3) is 0 Å². The first-order valence-electron chi connectivity index (χ1n) is 7.97. The second kappa shape index (κ2) is 9.45. The van der Waals surface area contributed by atoms with Crippen molar-refractivity contribution in [2.45, 2.75) is 18.5 Å². The smallest absolute Gasteiger partial charge is 0.404 e. The number of benzene rings is 2. The Balaban J connectivity index is 1.87. The molecule has 1 atom stereocenters. The van der Waals surface area contributed by atoms with E-state index in [9.17, 15) is 27.2 Å². The van der Waals surface area contributed by atoms with E-state index in [1.165, 1.54) is 49.4 Å². The second-order valence-electron chi connectivity index (χ2n) is 5.54. The van der Waals surface area contributed by atoms with Gasteiger partial charge in [-0.1, -0.05) is 12.1 Å². The third-order valence-corrected chi connectivity index (χ3v) is 4.48. The summed E-state index contributed by atoms with van der Waals surface area (Å²) in [7, 11) is 0. The highest BCUT2D eigenvalue weighted by Gasteiger charge is 2.32. The lowest BCUT2D eigenvalue weighted by Crippen LogP contribution is -2.26. The van der Waals surface area contributed by atoms with E-state index in [0.717, 1.165) is 17.8 Å². The average molecular weight is 416 g/mol. The molecule has 0 aliphatic rings. The van der Waals surface area contributed by atoms with Gasteiger partial charge in [-0.05, 0) is 43.3 Å². The Morgan fingerprint density at radius 2 is 1.71 bits per heavy atom. The molecule has 0 fully saturated rings. The van der Waals surface area contributed by atoms with E-state index in [4.69, 9.17) is 0 Å². The van der Waals surface area contributed by atoms with Gasteiger partial charge in [0.2, 0.25) is 11.8 Å². The van der Waals surface area contributed by atoms with Crippen LogP contribution in [0, 0.1) is 5.82 Å². The molecule has 0 aliphatic heterocycles. The standard InChI is InChI=1S/C18H16F4N2O3S/c1-11(28-10-16(25)23-13-8-6-12(19)7-9-13)17(26)24-14-4-2-3-5-15(14)27-18(20,21)22/h2-9,11H,10H2,1H3,(H,23,25)(H,24,26). The summed E-state index contributed by atoms with van der Waals surface area (Å²) in [6.07, 6.45) is -4.89. The van der Waals surface area contributed by atoms with Crippen LogP contribution in [0.15, 0.2) is 48.5 Å². The topological polar surface area (TPSA) is 67.4 Å². The lowest BCUT2D eigenvalue weighted by Gasteiger charge is -2.16. The SMILES string of the molecule is CC(SCC(=O)Nc1ccc(F)cc1)C(=O)Nc1ccccc1OC(F)(F)F. The molecule has 2 rings (SSSR count). The van der Waals surface area contributed by atoms with Crippen LogP contribution >= 0.6 is 11.8 Å². The molecule has 0 aliphatic carbocycles.